The molecule has 0 aliphatic carbocycles. The third kappa shape index (κ3) is 4.97. The number of aryl methyl sites for hydroxylation is 1. The summed E-state index contributed by atoms with van der Waals surface area (Å²) in [5, 5.41) is 3.59. The van der Waals surface area contributed by atoms with Gasteiger partial charge in [0.25, 0.3) is 5.56 Å². The van der Waals surface area contributed by atoms with Gasteiger partial charge in [-0.1, -0.05) is 12.1 Å². The van der Waals surface area contributed by atoms with Gasteiger partial charge in [-0.3, -0.25) is 14.5 Å². The number of rotatable bonds is 6. The van der Waals surface area contributed by atoms with E-state index in [2.05, 4.69) is 47.9 Å². The van der Waals surface area contributed by atoms with Crippen molar-refractivity contribution in [1.82, 2.24) is 20.2 Å². The van der Waals surface area contributed by atoms with E-state index in [-0.39, 0.29) is 35.6 Å². The Labute approximate surface area is 165 Å². The summed E-state index contributed by atoms with van der Waals surface area (Å²) in [5.74, 6) is 0.493. The van der Waals surface area contributed by atoms with E-state index < -0.39 is 0 Å². The Balaban J connectivity index is 1.54. The predicted octanol–water partition coefficient (Wildman–Crippen LogP) is 1.86. The minimum absolute atomic E-state index is 0.0433. The van der Waals surface area contributed by atoms with Crippen molar-refractivity contribution in [2.75, 3.05) is 19.6 Å². The molecule has 28 heavy (non-hydrogen) atoms. The Bertz CT molecular complexity index is 883. The molecule has 2 heterocycles. The Morgan fingerprint density at radius 1 is 1.29 bits per heavy atom. The van der Waals surface area contributed by atoms with Gasteiger partial charge in [-0.2, -0.15) is 0 Å². The molecule has 0 saturated carbocycles. The number of benzene rings is 1. The van der Waals surface area contributed by atoms with E-state index in [1.165, 1.54) is 0 Å². The maximum absolute atomic E-state index is 12.3. The maximum atomic E-state index is 12.3. The summed E-state index contributed by atoms with van der Waals surface area (Å²) in [6.07, 6.45) is 1.06. The molecule has 0 radical (unpaired) electrons. The molecule has 0 spiro atoms. The normalized spacial score (nSPS) is 21.0. The third-order valence-electron chi connectivity index (χ3n) is 5.24. The lowest BCUT2D eigenvalue weighted by Crippen LogP contribution is -2.58. The SMILES string of the molecule is C[C@@H]1CN(C(C)(C)CNC(=O)CCc2nc3ccccc3c(=O)[nH]2)C[C@@H](C)O1. The van der Waals surface area contributed by atoms with Crippen LogP contribution < -0.4 is 10.9 Å². The number of aromatic nitrogens is 2. The second-order valence-corrected chi connectivity index (χ2v) is 8.28. The van der Waals surface area contributed by atoms with Gasteiger partial charge in [-0.15, -0.1) is 0 Å². The van der Waals surface area contributed by atoms with Gasteiger partial charge in [0.15, 0.2) is 0 Å². The van der Waals surface area contributed by atoms with Crippen LogP contribution in [0, 0.1) is 0 Å². The Morgan fingerprint density at radius 2 is 1.96 bits per heavy atom. The molecule has 0 bridgehead atoms. The number of para-hydroxylation sites is 1. The predicted molar refractivity (Wildman–Crippen MR) is 109 cm³/mol. The summed E-state index contributed by atoms with van der Waals surface area (Å²) in [4.78, 5) is 34.1. The Morgan fingerprint density at radius 3 is 2.68 bits per heavy atom. The summed E-state index contributed by atoms with van der Waals surface area (Å²) in [6.45, 7) is 10.7. The average Bonchev–Trinajstić information content (AvgIpc) is 2.64. The molecule has 7 nitrogen and oxygen atoms in total. The summed E-state index contributed by atoms with van der Waals surface area (Å²) < 4.78 is 5.80. The first-order valence-corrected chi connectivity index (χ1v) is 9.90. The molecule has 0 unspecified atom stereocenters. The van der Waals surface area contributed by atoms with Crippen molar-refractivity contribution in [3.63, 3.8) is 0 Å². The van der Waals surface area contributed by atoms with Crippen molar-refractivity contribution in [1.29, 1.82) is 0 Å². The number of morpholine rings is 1. The minimum atomic E-state index is -0.169. The number of nitrogens with zero attached hydrogens (tertiary/aromatic N) is 2. The summed E-state index contributed by atoms with van der Waals surface area (Å²) in [6, 6.07) is 7.21. The number of carbonyl (C=O) groups is 1. The lowest BCUT2D eigenvalue weighted by Gasteiger charge is -2.45. The fraction of sp³-hybridized carbons (Fsp3) is 0.571. The van der Waals surface area contributed by atoms with Gasteiger partial charge in [-0.25, -0.2) is 4.98 Å². The van der Waals surface area contributed by atoms with Gasteiger partial charge in [0.2, 0.25) is 5.91 Å². The highest BCUT2D eigenvalue weighted by atomic mass is 16.5. The molecular formula is C21H30N4O3. The van der Waals surface area contributed by atoms with Gasteiger partial charge in [0.05, 0.1) is 23.1 Å². The van der Waals surface area contributed by atoms with Crippen LogP contribution in [0.5, 0.6) is 0 Å². The maximum Gasteiger partial charge on any atom is 0.258 e. The molecule has 3 rings (SSSR count). The van der Waals surface area contributed by atoms with Crippen LogP contribution >= 0.6 is 0 Å². The van der Waals surface area contributed by atoms with Crippen LogP contribution in [0.2, 0.25) is 0 Å². The zero-order chi connectivity index (χ0) is 20.3. The van der Waals surface area contributed by atoms with Crippen LogP contribution in [0.1, 0.15) is 39.9 Å². The first-order valence-electron chi connectivity index (χ1n) is 9.90. The number of hydrogen-bond donors (Lipinski definition) is 2. The fourth-order valence-electron chi connectivity index (χ4n) is 3.67. The minimum Gasteiger partial charge on any atom is -0.373 e. The van der Waals surface area contributed by atoms with E-state index in [1.54, 1.807) is 12.1 Å². The number of fused-ring (bicyclic) bond motifs is 1. The first kappa shape index (κ1) is 20.5. The number of amides is 1. The summed E-state index contributed by atoms with van der Waals surface area (Å²) in [7, 11) is 0. The smallest absolute Gasteiger partial charge is 0.258 e. The number of ether oxygens (including phenoxy) is 1. The van der Waals surface area contributed by atoms with Crippen molar-refractivity contribution in [3.05, 3.63) is 40.4 Å². The molecule has 1 aromatic carbocycles. The van der Waals surface area contributed by atoms with Crippen LogP contribution in [0.15, 0.2) is 29.1 Å². The van der Waals surface area contributed by atoms with Crippen LogP contribution in [-0.4, -0.2) is 58.2 Å². The number of carbonyl (C=O) groups excluding carboxylic acids is 1. The lowest BCUT2D eigenvalue weighted by molar-refractivity contribution is -0.122. The van der Waals surface area contributed by atoms with Crippen molar-refractivity contribution in [2.45, 2.75) is 58.3 Å². The molecule has 2 aromatic rings. The molecule has 1 aliphatic rings. The van der Waals surface area contributed by atoms with E-state index in [0.717, 1.165) is 13.1 Å². The van der Waals surface area contributed by atoms with Gasteiger partial charge in [-0.05, 0) is 39.8 Å². The zero-order valence-corrected chi connectivity index (χ0v) is 17.1. The van der Waals surface area contributed by atoms with Gasteiger partial charge < -0.3 is 15.0 Å². The average molecular weight is 386 g/mol. The van der Waals surface area contributed by atoms with Crippen molar-refractivity contribution >= 4 is 16.8 Å². The molecule has 7 heteroatoms. The second-order valence-electron chi connectivity index (χ2n) is 8.28. The van der Waals surface area contributed by atoms with Crippen LogP contribution in [-0.2, 0) is 16.0 Å². The highest BCUT2D eigenvalue weighted by molar-refractivity contribution is 5.78. The summed E-state index contributed by atoms with van der Waals surface area (Å²) >= 11 is 0. The lowest BCUT2D eigenvalue weighted by atomic mass is 10.00. The zero-order valence-electron chi connectivity index (χ0n) is 17.1. The number of hydrogen-bond acceptors (Lipinski definition) is 5. The van der Waals surface area contributed by atoms with Crippen LogP contribution in [0.25, 0.3) is 10.9 Å². The fourth-order valence-corrected chi connectivity index (χ4v) is 3.67. The number of nitrogens with one attached hydrogen (secondary N) is 2. The van der Waals surface area contributed by atoms with Crippen LogP contribution in [0.3, 0.4) is 0 Å². The monoisotopic (exact) mass is 386 g/mol. The highest BCUT2D eigenvalue weighted by Crippen LogP contribution is 2.20. The molecule has 152 valence electrons. The molecule has 1 aliphatic heterocycles. The topological polar surface area (TPSA) is 87.3 Å². The number of aromatic amines is 1. The van der Waals surface area contributed by atoms with E-state index in [4.69, 9.17) is 4.74 Å². The molecule has 1 aromatic heterocycles. The summed E-state index contributed by atoms with van der Waals surface area (Å²) in [5.41, 5.74) is 0.327. The Kier molecular flexibility index (Phi) is 6.15. The number of H-pyrrole nitrogens is 1. The molecule has 1 fully saturated rings. The van der Waals surface area contributed by atoms with Crippen molar-refractivity contribution in [3.8, 4) is 0 Å². The van der Waals surface area contributed by atoms with E-state index >= 15 is 0 Å². The molecule has 1 amide bonds. The largest absolute Gasteiger partial charge is 0.373 e. The van der Waals surface area contributed by atoms with Gasteiger partial charge in [0, 0.05) is 38.0 Å². The third-order valence-corrected chi connectivity index (χ3v) is 5.24. The van der Waals surface area contributed by atoms with Gasteiger partial charge >= 0.3 is 0 Å². The van der Waals surface area contributed by atoms with Crippen molar-refractivity contribution < 1.29 is 9.53 Å². The molecule has 2 N–H and O–H groups in total. The van der Waals surface area contributed by atoms with E-state index in [1.807, 2.05) is 12.1 Å². The quantitative estimate of drug-likeness (QED) is 0.791. The molecule has 1 saturated heterocycles. The standard InChI is InChI=1S/C21H30N4O3/c1-14-11-25(12-15(2)28-14)21(3,4)13-22-19(26)10-9-18-23-17-8-6-5-7-16(17)20(27)24-18/h5-8,14-15H,9-13H2,1-4H3,(H,22,26)(H,23,24,27)/t14-,15-/m1/s1. The van der Waals surface area contributed by atoms with E-state index in [0.29, 0.717) is 29.7 Å². The molecular weight excluding hydrogens is 356 g/mol. The van der Waals surface area contributed by atoms with Crippen LogP contribution in [0.4, 0.5) is 0 Å². The Hall–Kier alpha value is -2.25. The van der Waals surface area contributed by atoms with E-state index in [9.17, 15) is 9.59 Å². The highest BCUT2D eigenvalue weighted by Gasteiger charge is 2.33. The van der Waals surface area contributed by atoms with Crippen molar-refractivity contribution in [2.24, 2.45) is 0 Å². The second kappa shape index (κ2) is 8.41. The van der Waals surface area contributed by atoms with Gasteiger partial charge in [0.1, 0.15) is 5.82 Å². The molecule has 2 atom stereocenters. The first-order chi connectivity index (χ1) is 13.2.